The number of rotatable bonds is 10. The molecule has 1 saturated carbocycles. The molecule has 2 fully saturated rings. The van der Waals surface area contributed by atoms with Gasteiger partial charge in [0.1, 0.15) is 17.3 Å². The van der Waals surface area contributed by atoms with Crippen LogP contribution in [0.15, 0.2) is 66.9 Å². The summed E-state index contributed by atoms with van der Waals surface area (Å²) in [6.45, 7) is 6.79. The highest BCUT2D eigenvalue weighted by molar-refractivity contribution is 6.06. The number of halogens is 1. The van der Waals surface area contributed by atoms with Crippen LogP contribution in [0, 0.1) is 17.7 Å². The average molecular weight is 554 g/mol. The smallest absolute Gasteiger partial charge is 0.165 e. The summed E-state index contributed by atoms with van der Waals surface area (Å²) in [6, 6.07) is 18.9. The number of hydrogen-bond acceptors (Lipinski definition) is 6. The lowest BCUT2D eigenvalue weighted by Gasteiger charge is -2.25. The number of Topliss-reactive ketones (excluding diaryl/α,β-unsaturated/α-hetero) is 1. The summed E-state index contributed by atoms with van der Waals surface area (Å²) in [5.74, 6) is 2.29. The molecule has 6 nitrogen and oxygen atoms in total. The van der Waals surface area contributed by atoms with Gasteiger partial charge in [0.2, 0.25) is 0 Å². The molecule has 1 aliphatic carbocycles. The first kappa shape index (κ1) is 27.3. The molecule has 2 heterocycles. The number of hydrogen-bond donors (Lipinski definition) is 0. The van der Waals surface area contributed by atoms with E-state index in [-0.39, 0.29) is 11.6 Å². The number of fused-ring (bicyclic) bond motifs is 2. The third kappa shape index (κ3) is 5.55. The van der Waals surface area contributed by atoms with Crippen LogP contribution in [0.3, 0.4) is 0 Å². The van der Waals surface area contributed by atoms with Gasteiger partial charge in [0.15, 0.2) is 5.78 Å². The van der Waals surface area contributed by atoms with Crippen LogP contribution in [0.5, 0.6) is 11.5 Å². The summed E-state index contributed by atoms with van der Waals surface area (Å²) in [7, 11) is 0. The predicted molar refractivity (Wildman–Crippen MR) is 158 cm³/mol. The Labute approximate surface area is 240 Å². The molecule has 0 amide bonds. The Morgan fingerprint density at radius 1 is 0.976 bits per heavy atom. The lowest BCUT2D eigenvalue weighted by molar-refractivity contribution is 0.0950. The van der Waals surface area contributed by atoms with Gasteiger partial charge in [-0.05, 0) is 92.9 Å². The second kappa shape index (κ2) is 12.0. The summed E-state index contributed by atoms with van der Waals surface area (Å²) in [5, 5.41) is 9.15. The van der Waals surface area contributed by atoms with E-state index >= 15 is 0 Å². The molecule has 3 atom stereocenters. The summed E-state index contributed by atoms with van der Waals surface area (Å²) in [6.07, 6.45) is 5.44. The highest BCUT2D eigenvalue weighted by Gasteiger charge is 2.44. The van der Waals surface area contributed by atoms with Gasteiger partial charge in [-0.15, -0.1) is 0 Å². The van der Waals surface area contributed by atoms with E-state index in [9.17, 15) is 9.18 Å². The fraction of sp³-hybridized carbons (Fsp3) is 0.382. The van der Waals surface area contributed by atoms with Gasteiger partial charge in [-0.2, -0.15) is 10.2 Å². The highest BCUT2D eigenvalue weighted by atomic mass is 19.1. The van der Waals surface area contributed by atoms with Crippen LogP contribution in [-0.2, 0) is 6.54 Å². The van der Waals surface area contributed by atoms with Crippen molar-refractivity contribution in [3.63, 3.8) is 0 Å². The van der Waals surface area contributed by atoms with Crippen LogP contribution in [-0.4, -0.2) is 46.7 Å². The molecule has 0 radical (unpaired) electrons. The van der Waals surface area contributed by atoms with Crippen LogP contribution >= 0.6 is 0 Å². The molecule has 4 aromatic rings. The first-order valence-corrected chi connectivity index (χ1v) is 14.7. The number of aromatic nitrogens is 2. The van der Waals surface area contributed by atoms with Crippen LogP contribution in [0.1, 0.15) is 55.5 Å². The van der Waals surface area contributed by atoms with Crippen molar-refractivity contribution in [1.29, 1.82) is 0 Å². The normalized spacial score (nSPS) is 20.3. The van der Waals surface area contributed by atoms with Crippen molar-refractivity contribution < 1.29 is 18.7 Å². The summed E-state index contributed by atoms with van der Waals surface area (Å²) >= 11 is 0. The van der Waals surface area contributed by atoms with E-state index < -0.39 is 0 Å². The van der Waals surface area contributed by atoms with Gasteiger partial charge in [-0.1, -0.05) is 30.3 Å². The van der Waals surface area contributed by atoms with Gasteiger partial charge in [0, 0.05) is 30.0 Å². The van der Waals surface area contributed by atoms with E-state index in [1.54, 1.807) is 18.3 Å². The van der Waals surface area contributed by atoms with Crippen molar-refractivity contribution in [2.75, 3.05) is 19.8 Å². The number of carbonyl (C=O) groups excluding carboxylic acids is 1. The molecule has 1 aromatic heterocycles. The quantitative estimate of drug-likeness (QED) is 0.195. The van der Waals surface area contributed by atoms with Crippen molar-refractivity contribution >= 4 is 16.7 Å². The van der Waals surface area contributed by atoms with Gasteiger partial charge in [-0.3, -0.25) is 9.69 Å². The molecule has 3 aromatic carbocycles. The standard InChI is InChI=1S/C34H36FN3O3/c1-3-40-32-17-22(18-33(41-4-2)34(32)23-9-12-25(35)13-10-23)21-38-16-15-26-24(11-14-30(26)38)19-31(39)28-20-36-37-29-8-6-5-7-27(28)29/h5-10,12-13,17-18,20,24,26,30H,3-4,11,14-16,19,21H2,1-2H3/t24?,26-,30+/m0/s1. The van der Waals surface area contributed by atoms with Gasteiger partial charge in [-0.25, -0.2) is 4.39 Å². The maximum Gasteiger partial charge on any atom is 0.165 e. The van der Waals surface area contributed by atoms with E-state index in [1.165, 1.54) is 12.1 Å². The predicted octanol–water partition coefficient (Wildman–Crippen LogP) is 7.11. The second-order valence-electron chi connectivity index (χ2n) is 11.1. The third-order valence-corrected chi connectivity index (χ3v) is 8.69. The van der Waals surface area contributed by atoms with Gasteiger partial charge in [0.25, 0.3) is 0 Å². The van der Waals surface area contributed by atoms with Crippen molar-refractivity contribution in [2.45, 2.75) is 52.1 Å². The zero-order chi connectivity index (χ0) is 28.3. The molecule has 1 saturated heterocycles. The summed E-state index contributed by atoms with van der Waals surface area (Å²) in [5.41, 5.74) is 4.30. The molecular weight excluding hydrogens is 517 g/mol. The largest absolute Gasteiger partial charge is 0.493 e. The lowest BCUT2D eigenvalue weighted by atomic mass is 9.87. The van der Waals surface area contributed by atoms with Crippen LogP contribution in [0.25, 0.3) is 22.0 Å². The summed E-state index contributed by atoms with van der Waals surface area (Å²) < 4.78 is 25.8. The van der Waals surface area contributed by atoms with Crippen LogP contribution in [0.2, 0.25) is 0 Å². The third-order valence-electron chi connectivity index (χ3n) is 8.69. The molecular formula is C34H36FN3O3. The molecule has 0 spiro atoms. The Morgan fingerprint density at radius 2 is 1.71 bits per heavy atom. The van der Waals surface area contributed by atoms with Crippen molar-refractivity contribution in [1.82, 2.24) is 15.1 Å². The molecule has 0 N–H and O–H groups in total. The first-order chi connectivity index (χ1) is 20.1. The van der Waals surface area contributed by atoms with Gasteiger partial charge in [0.05, 0.1) is 30.5 Å². The number of likely N-dealkylation sites (tertiary alicyclic amines) is 1. The molecule has 212 valence electrons. The zero-order valence-electron chi connectivity index (χ0n) is 23.7. The van der Waals surface area contributed by atoms with E-state index in [4.69, 9.17) is 9.47 Å². The van der Waals surface area contributed by atoms with E-state index in [0.717, 1.165) is 71.4 Å². The lowest BCUT2D eigenvalue weighted by Crippen LogP contribution is -2.30. The number of nitrogens with zero attached hydrogens (tertiary/aromatic N) is 3. The Balaban J connectivity index is 1.20. The topological polar surface area (TPSA) is 64.5 Å². The van der Waals surface area contributed by atoms with Crippen molar-refractivity contribution in [3.05, 3.63) is 83.8 Å². The molecule has 2 aliphatic rings. The number of ether oxygens (including phenoxy) is 2. The fourth-order valence-electron chi connectivity index (χ4n) is 6.93. The maximum absolute atomic E-state index is 13.7. The molecule has 1 aliphatic heterocycles. The molecule has 1 unspecified atom stereocenters. The highest BCUT2D eigenvalue weighted by Crippen LogP contribution is 2.46. The first-order valence-electron chi connectivity index (χ1n) is 14.7. The van der Waals surface area contributed by atoms with Gasteiger partial charge >= 0.3 is 0 Å². The van der Waals surface area contributed by atoms with Crippen molar-refractivity contribution in [3.8, 4) is 22.6 Å². The van der Waals surface area contributed by atoms with E-state index in [2.05, 4.69) is 27.2 Å². The number of carbonyl (C=O) groups is 1. The average Bonchev–Trinajstić information content (AvgIpc) is 3.57. The minimum Gasteiger partial charge on any atom is -0.493 e. The zero-order valence-corrected chi connectivity index (χ0v) is 23.7. The van der Waals surface area contributed by atoms with Crippen LogP contribution in [0.4, 0.5) is 4.39 Å². The molecule has 0 bridgehead atoms. The fourth-order valence-corrected chi connectivity index (χ4v) is 6.93. The monoisotopic (exact) mass is 553 g/mol. The maximum atomic E-state index is 13.7. The number of ketones is 1. The minimum atomic E-state index is -0.271. The molecule has 41 heavy (non-hydrogen) atoms. The van der Waals surface area contributed by atoms with Crippen molar-refractivity contribution in [2.24, 2.45) is 11.8 Å². The van der Waals surface area contributed by atoms with Crippen LogP contribution < -0.4 is 9.47 Å². The summed E-state index contributed by atoms with van der Waals surface area (Å²) in [4.78, 5) is 16.0. The molecule has 7 heteroatoms. The minimum absolute atomic E-state index is 0.166. The SMILES string of the molecule is CCOc1cc(CN2CC[C@H]3C(CC(=O)c4cnnc5ccccc45)CC[C@H]32)cc(OCC)c1-c1ccc(F)cc1. The second-order valence-corrected chi connectivity index (χ2v) is 11.1. The number of benzene rings is 3. The Hall–Kier alpha value is -3.84. The Morgan fingerprint density at radius 3 is 2.44 bits per heavy atom. The molecule has 6 rings (SSSR count). The Kier molecular flexibility index (Phi) is 7.97. The van der Waals surface area contributed by atoms with E-state index in [0.29, 0.717) is 43.1 Å². The van der Waals surface area contributed by atoms with Gasteiger partial charge < -0.3 is 9.47 Å². The Bertz CT molecular complexity index is 1510. The van der Waals surface area contributed by atoms with E-state index in [1.807, 2.05) is 38.1 Å².